The van der Waals surface area contributed by atoms with Gasteiger partial charge in [-0.3, -0.25) is 0 Å². The van der Waals surface area contributed by atoms with E-state index in [1.54, 1.807) is 0 Å². The molecule has 0 aromatic carbocycles. The van der Waals surface area contributed by atoms with Gasteiger partial charge < -0.3 is 9.84 Å². The van der Waals surface area contributed by atoms with Crippen molar-refractivity contribution in [2.45, 2.75) is 26.6 Å². The van der Waals surface area contributed by atoms with Crippen LogP contribution in [-0.4, -0.2) is 11.4 Å². The highest BCUT2D eigenvalue weighted by atomic mass is 16.6. The van der Waals surface area contributed by atoms with Gasteiger partial charge in [-0.1, -0.05) is 20.4 Å². The zero-order valence-corrected chi connectivity index (χ0v) is 6.00. The van der Waals surface area contributed by atoms with Crippen LogP contribution in [0.4, 0.5) is 0 Å². The molecule has 0 aliphatic rings. The molecule has 0 spiro atoms. The van der Waals surface area contributed by atoms with E-state index >= 15 is 0 Å². The molecule has 2 nitrogen and oxygen atoms in total. The fourth-order valence-corrected chi connectivity index (χ4v) is 0.434. The van der Waals surface area contributed by atoms with Crippen molar-refractivity contribution in [2.75, 3.05) is 0 Å². The van der Waals surface area contributed by atoms with Crippen LogP contribution in [0.25, 0.3) is 0 Å². The number of rotatable bonds is 4. The Morgan fingerprint density at radius 3 is 2.67 bits per heavy atom. The summed E-state index contributed by atoms with van der Waals surface area (Å²) in [5.74, 6) is 0.183. The van der Waals surface area contributed by atoms with Gasteiger partial charge in [-0.05, 0) is 6.42 Å². The Morgan fingerprint density at radius 1 is 1.78 bits per heavy atom. The lowest BCUT2D eigenvalue weighted by Crippen LogP contribution is -2.17. The highest BCUT2D eigenvalue weighted by Gasteiger charge is 2.10. The van der Waals surface area contributed by atoms with E-state index in [1.807, 2.05) is 13.8 Å². The van der Waals surface area contributed by atoms with E-state index in [9.17, 15) is 0 Å². The maximum absolute atomic E-state index is 9.02. The van der Waals surface area contributed by atoms with Crippen LogP contribution < -0.4 is 0 Å². The van der Waals surface area contributed by atoms with Crippen LogP contribution in [0.3, 0.4) is 0 Å². The minimum absolute atomic E-state index is 0.183. The van der Waals surface area contributed by atoms with Crippen molar-refractivity contribution in [1.29, 1.82) is 0 Å². The summed E-state index contributed by atoms with van der Waals surface area (Å²) in [4.78, 5) is 0. The van der Waals surface area contributed by atoms with Crippen molar-refractivity contribution < 1.29 is 9.84 Å². The summed E-state index contributed by atoms with van der Waals surface area (Å²) >= 11 is 0. The standard InChI is InChI=1S/C7H14O2/c1-4-6(3)7(8)9-5-2/h5-8H,2,4H2,1,3H3. The van der Waals surface area contributed by atoms with Crippen molar-refractivity contribution in [3.05, 3.63) is 12.8 Å². The molecule has 0 aliphatic carbocycles. The van der Waals surface area contributed by atoms with E-state index in [0.29, 0.717) is 0 Å². The molecule has 1 N–H and O–H groups in total. The lowest BCUT2D eigenvalue weighted by Gasteiger charge is -2.15. The van der Waals surface area contributed by atoms with E-state index in [4.69, 9.17) is 9.84 Å². The summed E-state index contributed by atoms with van der Waals surface area (Å²) in [5.41, 5.74) is 0. The fraction of sp³-hybridized carbons (Fsp3) is 0.714. The molecule has 0 heterocycles. The Balaban J connectivity index is 3.44. The third-order valence-electron chi connectivity index (χ3n) is 1.37. The molecule has 54 valence electrons. The molecule has 0 aromatic rings. The van der Waals surface area contributed by atoms with Gasteiger partial charge in [0.2, 0.25) is 0 Å². The van der Waals surface area contributed by atoms with Crippen molar-refractivity contribution in [2.24, 2.45) is 5.92 Å². The van der Waals surface area contributed by atoms with Crippen molar-refractivity contribution in [3.8, 4) is 0 Å². The quantitative estimate of drug-likeness (QED) is 0.461. The zero-order chi connectivity index (χ0) is 7.28. The maximum Gasteiger partial charge on any atom is 0.198 e. The Kier molecular flexibility index (Phi) is 4.14. The summed E-state index contributed by atoms with van der Waals surface area (Å²) in [6.07, 6.45) is 1.48. The summed E-state index contributed by atoms with van der Waals surface area (Å²) in [7, 11) is 0. The molecule has 0 fully saturated rings. The van der Waals surface area contributed by atoms with E-state index < -0.39 is 6.29 Å². The smallest absolute Gasteiger partial charge is 0.198 e. The molecule has 0 amide bonds. The predicted octanol–water partition coefficient (Wildman–Crippen LogP) is 1.51. The topological polar surface area (TPSA) is 29.5 Å². The maximum atomic E-state index is 9.02. The predicted molar refractivity (Wildman–Crippen MR) is 36.7 cm³/mol. The van der Waals surface area contributed by atoms with Gasteiger partial charge in [0.1, 0.15) is 0 Å². The Hall–Kier alpha value is -0.500. The van der Waals surface area contributed by atoms with Crippen LogP contribution >= 0.6 is 0 Å². The molecule has 0 aliphatic heterocycles. The van der Waals surface area contributed by atoms with Gasteiger partial charge in [-0.2, -0.15) is 0 Å². The number of aliphatic hydroxyl groups is 1. The van der Waals surface area contributed by atoms with Crippen LogP contribution in [0.1, 0.15) is 20.3 Å². The first-order valence-electron chi connectivity index (χ1n) is 3.16. The number of ether oxygens (including phenoxy) is 1. The van der Waals surface area contributed by atoms with Crippen LogP contribution in [-0.2, 0) is 4.74 Å². The second-order valence-electron chi connectivity index (χ2n) is 2.08. The molecule has 0 bridgehead atoms. The Morgan fingerprint density at radius 2 is 2.33 bits per heavy atom. The van der Waals surface area contributed by atoms with Crippen molar-refractivity contribution >= 4 is 0 Å². The van der Waals surface area contributed by atoms with Crippen LogP contribution in [0.15, 0.2) is 12.8 Å². The molecule has 0 rings (SSSR count). The van der Waals surface area contributed by atoms with Crippen molar-refractivity contribution in [1.82, 2.24) is 0 Å². The molecule has 2 unspecified atom stereocenters. The molecule has 0 saturated carbocycles. The van der Waals surface area contributed by atoms with Gasteiger partial charge >= 0.3 is 0 Å². The lowest BCUT2D eigenvalue weighted by molar-refractivity contribution is -0.0878. The first-order valence-corrected chi connectivity index (χ1v) is 3.16. The van der Waals surface area contributed by atoms with Gasteiger partial charge in [-0.25, -0.2) is 0 Å². The Labute approximate surface area is 56.1 Å². The van der Waals surface area contributed by atoms with Gasteiger partial charge in [0, 0.05) is 5.92 Å². The minimum atomic E-state index is -0.688. The molecule has 9 heavy (non-hydrogen) atoms. The van der Waals surface area contributed by atoms with Crippen LogP contribution in [0.2, 0.25) is 0 Å². The molecule has 0 saturated heterocycles. The van der Waals surface area contributed by atoms with Gasteiger partial charge in [0.05, 0.1) is 6.26 Å². The van der Waals surface area contributed by atoms with Gasteiger partial charge in [0.25, 0.3) is 0 Å². The van der Waals surface area contributed by atoms with Crippen molar-refractivity contribution in [3.63, 3.8) is 0 Å². The molecule has 2 heteroatoms. The molecule has 0 radical (unpaired) electrons. The Bertz CT molecular complexity index is 81.0. The third kappa shape index (κ3) is 3.14. The molecular weight excluding hydrogens is 116 g/mol. The SMILES string of the molecule is C=COC(O)C(C)CC. The molecular formula is C7H14O2. The van der Waals surface area contributed by atoms with E-state index in [1.165, 1.54) is 6.26 Å². The van der Waals surface area contributed by atoms with Gasteiger partial charge in [0.15, 0.2) is 6.29 Å². The molecule has 0 aromatic heterocycles. The van der Waals surface area contributed by atoms with E-state index in [-0.39, 0.29) is 5.92 Å². The molecule has 2 atom stereocenters. The van der Waals surface area contributed by atoms with Gasteiger partial charge in [-0.15, -0.1) is 0 Å². The third-order valence-corrected chi connectivity index (χ3v) is 1.37. The summed E-state index contributed by atoms with van der Waals surface area (Å²) in [6.45, 7) is 7.26. The van der Waals surface area contributed by atoms with Crippen LogP contribution in [0, 0.1) is 5.92 Å². The van der Waals surface area contributed by atoms with Crippen LogP contribution in [0.5, 0.6) is 0 Å². The number of hydrogen-bond acceptors (Lipinski definition) is 2. The average molecular weight is 130 g/mol. The minimum Gasteiger partial charge on any atom is -0.473 e. The lowest BCUT2D eigenvalue weighted by atomic mass is 10.1. The average Bonchev–Trinajstić information content (AvgIpc) is 1.87. The second-order valence-corrected chi connectivity index (χ2v) is 2.08. The first kappa shape index (κ1) is 8.50. The van der Waals surface area contributed by atoms with E-state index in [0.717, 1.165) is 6.42 Å². The fourth-order valence-electron chi connectivity index (χ4n) is 0.434. The number of hydrogen-bond donors (Lipinski definition) is 1. The zero-order valence-electron chi connectivity index (χ0n) is 6.00. The summed E-state index contributed by atoms with van der Waals surface area (Å²) < 4.78 is 4.71. The largest absolute Gasteiger partial charge is 0.473 e. The summed E-state index contributed by atoms with van der Waals surface area (Å²) in [6, 6.07) is 0. The normalized spacial score (nSPS) is 16.3. The summed E-state index contributed by atoms with van der Waals surface area (Å²) in [5, 5.41) is 9.02. The second kappa shape index (κ2) is 4.39. The number of aliphatic hydroxyl groups excluding tert-OH is 1. The monoisotopic (exact) mass is 130 g/mol. The highest BCUT2D eigenvalue weighted by molar-refractivity contribution is 4.57. The van der Waals surface area contributed by atoms with E-state index in [2.05, 4.69) is 6.58 Å². The highest BCUT2D eigenvalue weighted by Crippen LogP contribution is 2.07. The first-order chi connectivity index (χ1) is 4.22.